The molecule has 3 aromatic rings. The van der Waals surface area contributed by atoms with Crippen LogP contribution in [0.25, 0.3) is 21.9 Å². The van der Waals surface area contributed by atoms with E-state index in [0.717, 1.165) is 28.5 Å². The van der Waals surface area contributed by atoms with E-state index in [1.165, 1.54) is 7.11 Å². The summed E-state index contributed by atoms with van der Waals surface area (Å²) >= 11 is 0. The van der Waals surface area contributed by atoms with Crippen LogP contribution in [0.4, 0.5) is 5.69 Å². The van der Waals surface area contributed by atoms with Gasteiger partial charge in [0, 0.05) is 25.0 Å². The predicted molar refractivity (Wildman–Crippen MR) is 116 cm³/mol. The van der Waals surface area contributed by atoms with E-state index in [2.05, 4.69) is 14.8 Å². The number of methoxy groups -OCH3 is 2. The molecule has 0 saturated carbocycles. The molecule has 0 aromatic heterocycles. The van der Waals surface area contributed by atoms with Gasteiger partial charge >= 0.3 is 5.97 Å². The first-order valence-corrected chi connectivity index (χ1v) is 9.23. The molecule has 0 aliphatic heterocycles. The lowest BCUT2D eigenvalue weighted by molar-refractivity contribution is -0.139. The molecule has 0 bridgehead atoms. The van der Waals surface area contributed by atoms with Crippen LogP contribution in [-0.2, 0) is 14.3 Å². The molecule has 29 heavy (non-hydrogen) atoms. The van der Waals surface area contributed by atoms with E-state index in [1.807, 2.05) is 49.4 Å². The first-order chi connectivity index (χ1) is 14.0. The monoisotopic (exact) mass is 394 g/mol. The number of esters is 1. The van der Waals surface area contributed by atoms with Gasteiger partial charge in [-0.2, -0.15) is 0 Å². The highest BCUT2D eigenvalue weighted by atomic mass is 16.5. The average Bonchev–Trinajstić information content (AvgIpc) is 2.76. The van der Waals surface area contributed by atoms with Crippen LogP contribution in [0.5, 0.6) is 0 Å². The third kappa shape index (κ3) is 5.80. The van der Waals surface area contributed by atoms with E-state index >= 15 is 0 Å². The maximum atomic E-state index is 12.5. The summed E-state index contributed by atoms with van der Waals surface area (Å²) in [5, 5.41) is 4.67. The number of nitrogens with one attached hydrogen (secondary N) is 1. The molecule has 0 spiro atoms. The van der Waals surface area contributed by atoms with E-state index < -0.39 is 5.97 Å². The van der Waals surface area contributed by atoms with Crippen LogP contribution in [0, 0.1) is 0 Å². The van der Waals surface area contributed by atoms with Crippen molar-refractivity contribution in [3.63, 3.8) is 0 Å². The Balaban J connectivity index is 0.000000687. The Bertz CT molecular complexity index is 978. The lowest BCUT2D eigenvalue weighted by atomic mass is 9.94. The fourth-order valence-corrected chi connectivity index (χ4v) is 2.76. The molecule has 3 rings (SSSR count). The zero-order valence-electron chi connectivity index (χ0n) is 16.9. The summed E-state index contributed by atoms with van der Waals surface area (Å²) in [5.41, 5.74) is 8.59. The lowest BCUT2D eigenvalue weighted by Gasteiger charge is -2.13. The summed E-state index contributed by atoms with van der Waals surface area (Å²) in [6.07, 6.45) is 0. The van der Waals surface area contributed by atoms with Gasteiger partial charge in [-0.25, -0.2) is 0 Å². The van der Waals surface area contributed by atoms with Gasteiger partial charge in [0.05, 0.1) is 7.11 Å². The number of nitrogen functional groups attached to an aromatic ring is 1. The molecule has 6 nitrogen and oxygen atoms in total. The first-order valence-electron chi connectivity index (χ1n) is 9.23. The summed E-state index contributed by atoms with van der Waals surface area (Å²) < 4.78 is 9.10. The minimum atomic E-state index is -0.504. The molecule has 0 fully saturated rings. The molecule has 0 saturated heterocycles. The number of carbonyl (C=O) groups excluding carboxylic acids is 2. The topological polar surface area (TPSA) is 90.6 Å². The van der Waals surface area contributed by atoms with Crippen molar-refractivity contribution in [2.45, 2.75) is 6.92 Å². The third-order valence-corrected chi connectivity index (χ3v) is 4.28. The highest BCUT2D eigenvalue weighted by Gasteiger charge is 2.16. The number of carbonyl (C=O) groups is 2. The van der Waals surface area contributed by atoms with Crippen LogP contribution in [0.1, 0.15) is 17.3 Å². The van der Waals surface area contributed by atoms with E-state index in [9.17, 15) is 9.59 Å². The second-order valence-corrected chi connectivity index (χ2v) is 6.17. The average molecular weight is 394 g/mol. The number of ether oxygens (including phenoxy) is 2. The van der Waals surface area contributed by atoms with Crippen molar-refractivity contribution >= 4 is 28.3 Å². The number of amides is 1. The molecule has 0 atom stereocenters. The van der Waals surface area contributed by atoms with E-state index in [-0.39, 0.29) is 12.5 Å². The van der Waals surface area contributed by atoms with Gasteiger partial charge in [-0.05, 0) is 47.0 Å². The van der Waals surface area contributed by atoms with E-state index in [0.29, 0.717) is 11.3 Å². The van der Waals surface area contributed by atoms with Crippen molar-refractivity contribution in [2.24, 2.45) is 0 Å². The molecule has 0 aliphatic carbocycles. The van der Waals surface area contributed by atoms with Gasteiger partial charge in [-0.1, -0.05) is 42.5 Å². The second-order valence-electron chi connectivity index (χ2n) is 6.17. The van der Waals surface area contributed by atoms with Gasteiger partial charge in [-0.15, -0.1) is 0 Å². The van der Waals surface area contributed by atoms with Crippen LogP contribution in [0.3, 0.4) is 0 Å². The first kappa shape index (κ1) is 21.9. The van der Waals surface area contributed by atoms with Crippen LogP contribution in [-0.4, -0.2) is 39.2 Å². The molecule has 3 aromatic carbocycles. The molecular weight excluding hydrogens is 368 g/mol. The number of nitrogens with two attached hydrogens (primary N) is 1. The largest absolute Gasteiger partial charge is 0.468 e. The summed E-state index contributed by atoms with van der Waals surface area (Å²) in [7, 11) is 2.96. The predicted octanol–water partition coefficient (Wildman–Crippen LogP) is 3.64. The standard InChI is InChI=1S/C20H18N2O3.C3H8O/c1-25-19(23)12-22-20(24)17-10-9-14(21)11-18(17)16-8-4-6-13-5-2-3-7-15(13)16;1-3-4-2/h2-11H,12,21H2,1H3,(H,22,24);3H2,1-2H3. The van der Waals surface area contributed by atoms with Gasteiger partial charge in [0.15, 0.2) is 0 Å². The maximum absolute atomic E-state index is 12.5. The van der Waals surface area contributed by atoms with Gasteiger partial charge in [0.2, 0.25) is 0 Å². The van der Waals surface area contributed by atoms with Crippen LogP contribution >= 0.6 is 0 Å². The van der Waals surface area contributed by atoms with Crippen molar-refractivity contribution in [1.82, 2.24) is 5.32 Å². The Hall–Kier alpha value is -3.38. The molecule has 152 valence electrons. The van der Waals surface area contributed by atoms with Crippen LogP contribution < -0.4 is 11.1 Å². The lowest BCUT2D eigenvalue weighted by Crippen LogP contribution is -2.30. The molecule has 0 unspecified atom stereocenters. The quantitative estimate of drug-likeness (QED) is 0.509. The smallest absolute Gasteiger partial charge is 0.325 e. The Kier molecular flexibility index (Phi) is 8.18. The number of fused-ring (bicyclic) bond motifs is 1. The Labute approximate surface area is 170 Å². The van der Waals surface area contributed by atoms with Crippen molar-refractivity contribution in [2.75, 3.05) is 33.1 Å². The highest BCUT2D eigenvalue weighted by Crippen LogP contribution is 2.32. The molecule has 1 amide bonds. The van der Waals surface area contributed by atoms with Gasteiger partial charge in [0.1, 0.15) is 6.54 Å². The molecule has 0 heterocycles. The summed E-state index contributed by atoms with van der Waals surface area (Å²) in [4.78, 5) is 23.8. The van der Waals surface area contributed by atoms with E-state index in [1.54, 1.807) is 25.3 Å². The molecule has 0 aliphatic rings. The summed E-state index contributed by atoms with van der Waals surface area (Å²) in [5.74, 6) is -0.858. The van der Waals surface area contributed by atoms with Crippen LogP contribution in [0.2, 0.25) is 0 Å². The fourth-order valence-electron chi connectivity index (χ4n) is 2.76. The van der Waals surface area contributed by atoms with Gasteiger partial charge in [-0.3, -0.25) is 9.59 Å². The van der Waals surface area contributed by atoms with Gasteiger partial charge in [0.25, 0.3) is 5.91 Å². The Morgan fingerprint density at radius 1 is 0.966 bits per heavy atom. The van der Waals surface area contributed by atoms with Crippen molar-refractivity contribution in [3.8, 4) is 11.1 Å². The zero-order valence-corrected chi connectivity index (χ0v) is 16.9. The molecule has 0 radical (unpaired) electrons. The third-order valence-electron chi connectivity index (χ3n) is 4.28. The number of hydrogen-bond donors (Lipinski definition) is 2. The van der Waals surface area contributed by atoms with Crippen LogP contribution in [0.15, 0.2) is 60.7 Å². The molecule has 6 heteroatoms. The highest BCUT2D eigenvalue weighted by molar-refractivity contribution is 6.07. The SMILES string of the molecule is CCOC.COC(=O)CNC(=O)c1ccc(N)cc1-c1cccc2ccccc12. The van der Waals surface area contributed by atoms with Crippen molar-refractivity contribution in [3.05, 3.63) is 66.2 Å². The summed E-state index contributed by atoms with van der Waals surface area (Å²) in [6, 6.07) is 19.0. The second kappa shape index (κ2) is 10.8. The Morgan fingerprint density at radius 3 is 2.34 bits per heavy atom. The summed E-state index contributed by atoms with van der Waals surface area (Å²) in [6.45, 7) is 2.59. The molecular formula is C23H26N2O4. The van der Waals surface area contributed by atoms with Crippen molar-refractivity contribution in [1.29, 1.82) is 0 Å². The van der Waals surface area contributed by atoms with Gasteiger partial charge < -0.3 is 20.5 Å². The number of rotatable bonds is 5. The van der Waals surface area contributed by atoms with E-state index in [4.69, 9.17) is 5.73 Å². The number of benzene rings is 3. The normalized spacial score (nSPS) is 10.0. The fraction of sp³-hybridized carbons (Fsp3) is 0.217. The number of anilines is 1. The minimum absolute atomic E-state index is 0.186. The van der Waals surface area contributed by atoms with Crippen molar-refractivity contribution < 1.29 is 19.1 Å². The minimum Gasteiger partial charge on any atom is -0.468 e. The zero-order chi connectivity index (χ0) is 21.2. The number of hydrogen-bond acceptors (Lipinski definition) is 5. The maximum Gasteiger partial charge on any atom is 0.325 e. The molecule has 3 N–H and O–H groups in total. The Morgan fingerprint density at radius 2 is 1.66 bits per heavy atom.